The van der Waals surface area contributed by atoms with E-state index in [9.17, 15) is 4.79 Å². The van der Waals surface area contributed by atoms with Crippen LogP contribution in [0.25, 0.3) is 10.6 Å². The second-order valence-corrected chi connectivity index (χ2v) is 4.79. The maximum Gasteiger partial charge on any atom is 0.357 e. The zero-order chi connectivity index (χ0) is 11.7. The molecule has 0 saturated carbocycles. The van der Waals surface area contributed by atoms with E-state index in [0.717, 1.165) is 4.88 Å². The van der Waals surface area contributed by atoms with Gasteiger partial charge in [0.15, 0.2) is 5.76 Å². The molecule has 0 aliphatic heterocycles. The Labute approximate surface area is 102 Å². The summed E-state index contributed by atoms with van der Waals surface area (Å²) in [6.45, 7) is 0. The monoisotopic (exact) mass is 255 g/mol. The Bertz CT molecular complexity index is 546. The second-order valence-electron chi connectivity index (χ2n) is 3.47. The maximum atomic E-state index is 11.5. The van der Waals surface area contributed by atoms with Crippen LogP contribution in [-0.4, -0.2) is 14.1 Å². The summed E-state index contributed by atoms with van der Waals surface area (Å²) in [7, 11) is 3.66. The van der Waals surface area contributed by atoms with Crippen LogP contribution >= 0.6 is 22.9 Å². The van der Waals surface area contributed by atoms with E-state index in [0.29, 0.717) is 11.4 Å². The summed E-state index contributed by atoms with van der Waals surface area (Å²) in [6.07, 6.45) is 0. The first kappa shape index (κ1) is 11.2. The summed E-state index contributed by atoms with van der Waals surface area (Å²) in [6, 6.07) is 5.58. The molecule has 2 aromatic heterocycles. The third kappa shape index (κ3) is 1.99. The number of rotatable bonds is 2. The van der Waals surface area contributed by atoms with Gasteiger partial charge in [0, 0.05) is 20.2 Å². The summed E-state index contributed by atoms with van der Waals surface area (Å²) >= 11 is 7.39. The molecule has 2 rings (SSSR count). The van der Waals surface area contributed by atoms with E-state index in [1.807, 2.05) is 31.6 Å². The van der Waals surface area contributed by atoms with Crippen molar-refractivity contribution in [2.45, 2.75) is 0 Å². The van der Waals surface area contributed by atoms with Gasteiger partial charge in [0.05, 0.1) is 10.6 Å². The van der Waals surface area contributed by atoms with Gasteiger partial charge >= 0.3 is 5.63 Å². The minimum absolute atomic E-state index is 0.116. The average molecular weight is 256 g/mol. The van der Waals surface area contributed by atoms with Gasteiger partial charge in [-0.3, -0.25) is 0 Å². The van der Waals surface area contributed by atoms with Crippen molar-refractivity contribution >= 4 is 28.6 Å². The smallest absolute Gasteiger partial charge is 0.357 e. The van der Waals surface area contributed by atoms with Crippen LogP contribution < -0.4 is 10.5 Å². The van der Waals surface area contributed by atoms with E-state index >= 15 is 0 Å². The van der Waals surface area contributed by atoms with Gasteiger partial charge in [0.2, 0.25) is 0 Å². The molecule has 0 aromatic carbocycles. The van der Waals surface area contributed by atoms with E-state index < -0.39 is 5.63 Å². The van der Waals surface area contributed by atoms with Crippen LogP contribution in [0.5, 0.6) is 0 Å². The van der Waals surface area contributed by atoms with Crippen molar-refractivity contribution in [3.05, 3.63) is 39.0 Å². The van der Waals surface area contributed by atoms with E-state index in [-0.39, 0.29) is 5.02 Å². The molecule has 0 saturated heterocycles. The fourth-order valence-electron chi connectivity index (χ4n) is 1.33. The predicted octanol–water partition coefficient (Wildman–Crippen LogP) is 3.09. The molecule has 5 heteroatoms. The Kier molecular flexibility index (Phi) is 3.03. The summed E-state index contributed by atoms with van der Waals surface area (Å²) in [5.41, 5.74) is 0.164. The Balaban J connectivity index is 2.62. The molecule has 2 aromatic rings. The number of thiophene rings is 1. The fourth-order valence-corrected chi connectivity index (χ4v) is 2.27. The first-order valence-electron chi connectivity index (χ1n) is 4.64. The highest BCUT2D eigenvalue weighted by molar-refractivity contribution is 7.13. The molecule has 0 N–H and O–H groups in total. The van der Waals surface area contributed by atoms with E-state index in [1.54, 1.807) is 11.0 Å². The highest BCUT2D eigenvalue weighted by atomic mass is 35.5. The molecule has 0 amide bonds. The lowest BCUT2D eigenvalue weighted by molar-refractivity contribution is 0.527. The van der Waals surface area contributed by atoms with Crippen LogP contribution in [0.3, 0.4) is 0 Å². The third-order valence-electron chi connectivity index (χ3n) is 2.12. The molecule has 0 spiro atoms. The van der Waals surface area contributed by atoms with Crippen molar-refractivity contribution in [3.8, 4) is 10.6 Å². The molecular weight excluding hydrogens is 246 g/mol. The minimum atomic E-state index is -0.503. The lowest BCUT2D eigenvalue weighted by Gasteiger charge is -2.13. The molecule has 0 radical (unpaired) electrons. The molecule has 0 atom stereocenters. The molecule has 16 heavy (non-hydrogen) atoms. The van der Waals surface area contributed by atoms with Crippen LogP contribution in [0.4, 0.5) is 5.69 Å². The fraction of sp³-hybridized carbons (Fsp3) is 0.182. The molecule has 0 unspecified atom stereocenters. The van der Waals surface area contributed by atoms with Crippen molar-refractivity contribution in [2.75, 3.05) is 19.0 Å². The van der Waals surface area contributed by atoms with Gasteiger partial charge in [0.25, 0.3) is 0 Å². The maximum absolute atomic E-state index is 11.5. The highest BCUT2D eigenvalue weighted by Gasteiger charge is 2.12. The van der Waals surface area contributed by atoms with Crippen molar-refractivity contribution < 1.29 is 4.42 Å². The van der Waals surface area contributed by atoms with Crippen LogP contribution in [0.2, 0.25) is 5.02 Å². The summed E-state index contributed by atoms with van der Waals surface area (Å²) in [5, 5.41) is 2.05. The van der Waals surface area contributed by atoms with Crippen LogP contribution in [-0.2, 0) is 0 Å². The first-order valence-corrected chi connectivity index (χ1v) is 5.90. The Hall–Kier alpha value is -1.26. The van der Waals surface area contributed by atoms with Crippen molar-refractivity contribution in [1.29, 1.82) is 0 Å². The normalized spacial score (nSPS) is 10.4. The van der Waals surface area contributed by atoms with Gasteiger partial charge in [0.1, 0.15) is 5.02 Å². The SMILES string of the molecule is CN(C)c1cc(-c2cccs2)oc(=O)c1Cl. The van der Waals surface area contributed by atoms with Crippen molar-refractivity contribution in [3.63, 3.8) is 0 Å². The summed E-state index contributed by atoms with van der Waals surface area (Å²) < 4.78 is 5.14. The Morgan fingerprint density at radius 2 is 2.19 bits per heavy atom. The lowest BCUT2D eigenvalue weighted by atomic mass is 10.3. The predicted molar refractivity (Wildman–Crippen MR) is 67.6 cm³/mol. The van der Waals surface area contributed by atoms with Crippen LogP contribution in [0.1, 0.15) is 0 Å². The zero-order valence-corrected chi connectivity index (χ0v) is 10.4. The number of halogens is 1. The molecular formula is C11H10ClNO2S. The summed E-state index contributed by atoms with van der Waals surface area (Å²) in [5.74, 6) is 0.549. The van der Waals surface area contributed by atoms with Gasteiger partial charge in [-0.2, -0.15) is 0 Å². The van der Waals surface area contributed by atoms with Gasteiger partial charge in [-0.25, -0.2) is 4.79 Å². The molecule has 0 aliphatic rings. The van der Waals surface area contributed by atoms with E-state index in [1.165, 1.54) is 11.3 Å². The Morgan fingerprint density at radius 3 is 2.75 bits per heavy atom. The Morgan fingerprint density at radius 1 is 1.44 bits per heavy atom. The minimum Gasteiger partial charge on any atom is -0.421 e. The quantitative estimate of drug-likeness (QED) is 0.827. The topological polar surface area (TPSA) is 33.5 Å². The van der Waals surface area contributed by atoms with E-state index in [2.05, 4.69) is 0 Å². The van der Waals surface area contributed by atoms with Crippen molar-refractivity contribution in [1.82, 2.24) is 0 Å². The zero-order valence-electron chi connectivity index (χ0n) is 8.86. The molecule has 0 fully saturated rings. The number of anilines is 1. The largest absolute Gasteiger partial charge is 0.421 e. The van der Waals surface area contributed by atoms with Gasteiger partial charge < -0.3 is 9.32 Å². The molecule has 84 valence electrons. The number of hydrogen-bond donors (Lipinski definition) is 0. The average Bonchev–Trinajstić information content (AvgIpc) is 2.74. The van der Waals surface area contributed by atoms with Crippen molar-refractivity contribution in [2.24, 2.45) is 0 Å². The molecule has 0 bridgehead atoms. The third-order valence-corrected chi connectivity index (χ3v) is 3.35. The highest BCUT2D eigenvalue weighted by Crippen LogP contribution is 2.29. The molecule has 2 heterocycles. The second kappa shape index (κ2) is 4.31. The molecule has 0 aliphatic carbocycles. The number of nitrogens with zero attached hydrogens (tertiary/aromatic N) is 1. The van der Waals surface area contributed by atoms with Gasteiger partial charge in [-0.1, -0.05) is 17.7 Å². The van der Waals surface area contributed by atoms with Crippen LogP contribution in [0, 0.1) is 0 Å². The molecule has 3 nitrogen and oxygen atoms in total. The summed E-state index contributed by atoms with van der Waals surface area (Å²) in [4.78, 5) is 14.2. The van der Waals surface area contributed by atoms with Crippen LogP contribution in [0.15, 0.2) is 32.8 Å². The van der Waals surface area contributed by atoms with E-state index in [4.69, 9.17) is 16.0 Å². The van der Waals surface area contributed by atoms with Gasteiger partial charge in [-0.05, 0) is 11.4 Å². The number of hydrogen-bond acceptors (Lipinski definition) is 4. The standard InChI is InChI=1S/C11H10ClNO2S/c1-13(2)7-6-8(9-4-3-5-16-9)15-11(14)10(7)12/h3-6H,1-2H3. The van der Waals surface area contributed by atoms with Gasteiger partial charge in [-0.15, -0.1) is 11.3 Å². The first-order chi connectivity index (χ1) is 7.59. The lowest BCUT2D eigenvalue weighted by Crippen LogP contribution is -2.13.